The molecule has 0 radical (unpaired) electrons. The molecule has 0 unspecified atom stereocenters. The number of nitrogens with zero attached hydrogens (tertiary/aromatic N) is 2. The van der Waals surface area contributed by atoms with Gasteiger partial charge in [0.05, 0.1) is 22.7 Å². The number of hydrogen-bond acceptors (Lipinski definition) is 4. The molecule has 0 spiro atoms. The van der Waals surface area contributed by atoms with Gasteiger partial charge in [-0.05, 0) is 168 Å². The summed E-state index contributed by atoms with van der Waals surface area (Å²) in [5.74, 6) is 0.876. The van der Waals surface area contributed by atoms with Crippen LogP contribution in [0.15, 0.2) is 215 Å². The Hall–Kier alpha value is -9.12. The zero-order chi connectivity index (χ0) is 54.7. The summed E-state index contributed by atoms with van der Waals surface area (Å²) in [6, 6.07) is 77.2. The highest BCUT2D eigenvalue weighted by molar-refractivity contribution is 6.30. The number of benzene rings is 12. The van der Waals surface area contributed by atoms with E-state index in [1.807, 2.05) is 0 Å². The van der Waals surface area contributed by atoms with E-state index in [1.165, 1.54) is 140 Å². The van der Waals surface area contributed by atoms with Crippen LogP contribution in [0.5, 0.6) is 0 Å². The van der Waals surface area contributed by atoms with Gasteiger partial charge in [-0.15, -0.1) is 0 Å². The SMILES string of the molecule is Cc1ccccc1-c1cccc2c1oc1c(N(c3ccccc3C)c3cc(C4CCCC4)c4ccc5c(N(c6ccccc6C)c6cccc7c6oc6c(-c8ccccc8C)cccc67)cc(C6CCCC6)c6ccc3c4c65)cccc12. The van der Waals surface area contributed by atoms with E-state index in [-0.39, 0.29) is 0 Å². The average molecular weight is 1060 g/mol. The Morgan fingerprint density at radius 2 is 0.610 bits per heavy atom. The monoisotopic (exact) mass is 1060 g/mol. The number of fused-ring (bicyclic) bond motifs is 6. The van der Waals surface area contributed by atoms with Crippen LogP contribution in [0.25, 0.3) is 98.4 Å². The fourth-order valence-electron chi connectivity index (χ4n) is 15.1. The molecule has 398 valence electrons. The van der Waals surface area contributed by atoms with Crippen LogP contribution in [0.2, 0.25) is 0 Å². The van der Waals surface area contributed by atoms with Crippen molar-refractivity contribution in [2.75, 3.05) is 9.80 Å². The van der Waals surface area contributed by atoms with Crippen LogP contribution in [0, 0.1) is 27.7 Å². The lowest BCUT2D eigenvalue weighted by Gasteiger charge is -2.32. The number of aryl methyl sites for hydroxylation is 4. The zero-order valence-electron chi connectivity index (χ0n) is 47.2. The van der Waals surface area contributed by atoms with Crippen LogP contribution < -0.4 is 9.80 Å². The van der Waals surface area contributed by atoms with Crippen molar-refractivity contribution in [1.29, 1.82) is 0 Å². The summed E-state index contributed by atoms with van der Waals surface area (Å²) in [4.78, 5) is 5.12. The molecule has 82 heavy (non-hydrogen) atoms. The molecular weight excluding hydrogens is 997 g/mol. The van der Waals surface area contributed by atoms with Crippen molar-refractivity contribution in [2.45, 2.75) is 90.9 Å². The van der Waals surface area contributed by atoms with Crippen LogP contribution >= 0.6 is 0 Å². The third kappa shape index (κ3) is 7.50. The molecule has 16 rings (SSSR count). The van der Waals surface area contributed by atoms with Crippen molar-refractivity contribution in [1.82, 2.24) is 0 Å². The van der Waals surface area contributed by atoms with Gasteiger partial charge in [0.1, 0.15) is 11.2 Å². The van der Waals surface area contributed by atoms with Gasteiger partial charge >= 0.3 is 0 Å². The lowest BCUT2D eigenvalue weighted by atomic mass is 9.82. The Kier molecular flexibility index (Phi) is 11.5. The summed E-state index contributed by atoms with van der Waals surface area (Å²) in [5, 5.41) is 12.4. The second-order valence-corrected chi connectivity index (χ2v) is 23.8. The minimum Gasteiger partial charge on any atom is -0.453 e. The molecule has 0 N–H and O–H groups in total. The predicted octanol–water partition coefficient (Wildman–Crippen LogP) is 23.2. The van der Waals surface area contributed by atoms with Gasteiger partial charge in [-0.25, -0.2) is 0 Å². The van der Waals surface area contributed by atoms with E-state index in [4.69, 9.17) is 8.83 Å². The summed E-state index contributed by atoms with van der Waals surface area (Å²) in [6.07, 6.45) is 9.70. The number of rotatable bonds is 10. The van der Waals surface area contributed by atoms with Gasteiger partial charge < -0.3 is 18.6 Å². The molecule has 2 saturated carbocycles. The highest BCUT2D eigenvalue weighted by atomic mass is 16.3. The second kappa shape index (κ2) is 19.3. The smallest absolute Gasteiger partial charge is 0.159 e. The first-order chi connectivity index (χ1) is 40.4. The van der Waals surface area contributed by atoms with E-state index >= 15 is 0 Å². The first kappa shape index (κ1) is 48.8. The Morgan fingerprint density at radius 3 is 1.01 bits per heavy atom. The lowest BCUT2D eigenvalue weighted by Crippen LogP contribution is -2.14. The van der Waals surface area contributed by atoms with E-state index in [1.54, 1.807) is 0 Å². The van der Waals surface area contributed by atoms with E-state index in [9.17, 15) is 0 Å². The van der Waals surface area contributed by atoms with Crippen molar-refractivity contribution in [3.8, 4) is 22.3 Å². The van der Waals surface area contributed by atoms with Gasteiger partial charge in [0.25, 0.3) is 0 Å². The molecule has 0 bridgehead atoms. The normalized spacial score (nSPS) is 14.3. The predicted molar refractivity (Wildman–Crippen MR) is 346 cm³/mol. The summed E-state index contributed by atoms with van der Waals surface area (Å²) in [5.41, 5.74) is 22.7. The molecule has 14 aromatic rings. The minimum absolute atomic E-state index is 0.438. The molecule has 0 aliphatic heterocycles. The van der Waals surface area contributed by atoms with Gasteiger partial charge in [-0.1, -0.05) is 196 Å². The van der Waals surface area contributed by atoms with E-state index in [2.05, 4.69) is 244 Å². The summed E-state index contributed by atoms with van der Waals surface area (Å²) in [6.45, 7) is 8.91. The van der Waals surface area contributed by atoms with Crippen molar-refractivity contribution in [3.63, 3.8) is 0 Å². The van der Waals surface area contributed by atoms with Crippen molar-refractivity contribution in [3.05, 3.63) is 240 Å². The third-order valence-electron chi connectivity index (χ3n) is 19.1. The molecule has 2 aliphatic rings. The minimum atomic E-state index is 0.438. The fraction of sp³-hybridized carbons (Fsp3) is 0.179. The Morgan fingerprint density at radius 1 is 0.280 bits per heavy atom. The summed E-state index contributed by atoms with van der Waals surface area (Å²) >= 11 is 0. The molecule has 2 aromatic heterocycles. The number of anilines is 6. The Balaban J connectivity index is 1.01. The van der Waals surface area contributed by atoms with E-state index < -0.39 is 0 Å². The highest BCUT2D eigenvalue weighted by Gasteiger charge is 2.32. The van der Waals surface area contributed by atoms with Gasteiger partial charge in [-0.3, -0.25) is 0 Å². The topological polar surface area (TPSA) is 32.8 Å². The van der Waals surface area contributed by atoms with Crippen molar-refractivity contribution in [2.24, 2.45) is 0 Å². The first-order valence-electron chi connectivity index (χ1n) is 29.9. The van der Waals surface area contributed by atoms with E-state index in [0.29, 0.717) is 11.8 Å². The lowest BCUT2D eigenvalue weighted by molar-refractivity contribution is 0.669. The van der Waals surface area contributed by atoms with Crippen LogP contribution in [0.3, 0.4) is 0 Å². The average Bonchev–Trinajstić information content (AvgIpc) is 3.91. The molecule has 0 amide bonds. The molecular formula is C78H64N2O2. The fourth-order valence-corrected chi connectivity index (χ4v) is 15.1. The molecule has 0 saturated heterocycles. The highest BCUT2D eigenvalue weighted by Crippen LogP contribution is 2.56. The van der Waals surface area contributed by atoms with Gasteiger partial charge in [0.15, 0.2) is 11.2 Å². The maximum absolute atomic E-state index is 7.38. The molecule has 4 heteroatoms. The largest absolute Gasteiger partial charge is 0.453 e. The second-order valence-electron chi connectivity index (χ2n) is 23.8. The maximum Gasteiger partial charge on any atom is 0.159 e. The quantitative estimate of drug-likeness (QED) is 0.128. The molecule has 2 fully saturated rings. The molecule has 4 nitrogen and oxygen atoms in total. The Bertz CT molecular complexity index is 4540. The van der Waals surface area contributed by atoms with Crippen LogP contribution in [-0.4, -0.2) is 0 Å². The molecule has 2 aliphatic carbocycles. The Labute approximate surface area is 479 Å². The van der Waals surface area contributed by atoms with Crippen molar-refractivity contribution >= 4 is 110 Å². The van der Waals surface area contributed by atoms with Gasteiger partial charge in [0, 0.05) is 54.8 Å². The molecule has 0 atom stereocenters. The van der Waals surface area contributed by atoms with E-state index in [0.717, 1.165) is 77.8 Å². The molecule has 12 aromatic carbocycles. The zero-order valence-corrected chi connectivity index (χ0v) is 47.2. The summed E-state index contributed by atoms with van der Waals surface area (Å²) < 4.78 is 14.8. The number of hydrogen-bond donors (Lipinski definition) is 0. The van der Waals surface area contributed by atoms with Crippen molar-refractivity contribution < 1.29 is 8.83 Å². The van der Waals surface area contributed by atoms with Crippen LogP contribution in [0.4, 0.5) is 34.1 Å². The third-order valence-corrected chi connectivity index (χ3v) is 19.1. The maximum atomic E-state index is 7.38. The standard InChI is InChI=1S/C78H64N2O2/c1-47-21-5-13-29-53(47)57-31-17-33-59-61-35-19-39-69(77(61)81-75(57)59)79(67-37-15-7-23-49(67)3)71-45-65(51-25-9-10-26-51)55-42-44-64-72(46-66(52-27-11-12-28-52)56-41-43-63(71)73(55)74(56)64)80(68-38-16-8-24-50(68)4)70-40-20-36-62-60-34-18-32-58(76(60)82-78(62)70)54-30-14-6-22-48(54)2/h5-8,13-24,29-46,51-52H,9-12,25-28H2,1-4H3. The number of furan rings is 2. The summed E-state index contributed by atoms with van der Waals surface area (Å²) in [7, 11) is 0. The van der Waals surface area contributed by atoms with Crippen LogP contribution in [-0.2, 0) is 0 Å². The number of para-hydroxylation sites is 6. The van der Waals surface area contributed by atoms with Crippen LogP contribution in [0.1, 0.15) is 96.6 Å². The van der Waals surface area contributed by atoms with Gasteiger partial charge in [0.2, 0.25) is 0 Å². The first-order valence-corrected chi connectivity index (χ1v) is 29.9. The molecule has 2 heterocycles. The van der Waals surface area contributed by atoms with Gasteiger partial charge in [-0.2, -0.15) is 0 Å².